The molecule has 0 heterocycles. The van der Waals surface area contributed by atoms with E-state index in [1.165, 1.54) is 5.56 Å². The highest BCUT2D eigenvalue weighted by atomic mass is 16.4. The Kier molecular flexibility index (Phi) is 7.27. The van der Waals surface area contributed by atoms with Crippen molar-refractivity contribution in [2.75, 3.05) is 19.6 Å². The van der Waals surface area contributed by atoms with Crippen molar-refractivity contribution in [3.05, 3.63) is 35.9 Å². The molecule has 0 radical (unpaired) electrons. The summed E-state index contributed by atoms with van der Waals surface area (Å²) in [5.41, 5.74) is 1.29. The van der Waals surface area contributed by atoms with E-state index < -0.39 is 0 Å². The van der Waals surface area contributed by atoms with Crippen LogP contribution in [0.2, 0.25) is 0 Å². The van der Waals surface area contributed by atoms with E-state index in [4.69, 9.17) is 5.21 Å². The monoisotopic (exact) mass is 263 g/mol. The topological polar surface area (TPSA) is 64.9 Å². The number of amides is 1. The van der Waals surface area contributed by atoms with Gasteiger partial charge < -0.3 is 10.5 Å². The van der Waals surface area contributed by atoms with Crippen molar-refractivity contribution < 1.29 is 10.0 Å². The highest BCUT2D eigenvalue weighted by molar-refractivity contribution is 6.25. The fourth-order valence-electron chi connectivity index (χ4n) is 1.80. The quantitative estimate of drug-likeness (QED) is 0.323. The normalized spacial score (nSPS) is 11.1. The SMILES string of the molecule is CCN(CCCNC(=O)C=NO)Cc1ccccc1. The smallest absolute Gasteiger partial charge is 0.265 e. The van der Waals surface area contributed by atoms with Gasteiger partial charge in [0.2, 0.25) is 0 Å². The van der Waals surface area contributed by atoms with Crippen LogP contribution in [0, 0.1) is 0 Å². The van der Waals surface area contributed by atoms with E-state index in [0.29, 0.717) is 6.54 Å². The van der Waals surface area contributed by atoms with Crippen LogP contribution in [0.15, 0.2) is 35.5 Å². The van der Waals surface area contributed by atoms with E-state index in [9.17, 15) is 4.79 Å². The summed E-state index contributed by atoms with van der Waals surface area (Å²) < 4.78 is 0. The molecule has 0 bridgehead atoms. The Balaban J connectivity index is 2.24. The zero-order valence-electron chi connectivity index (χ0n) is 11.2. The number of oxime groups is 1. The van der Waals surface area contributed by atoms with Crippen molar-refractivity contribution in [3.8, 4) is 0 Å². The van der Waals surface area contributed by atoms with Crippen LogP contribution in [0.25, 0.3) is 0 Å². The second kappa shape index (κ2) is 9.10. The number of nitrogens with zero attached hydrogens (tertiary/aromatic N) is 2. The van der Waals surface area contributed by atoms with Gasteiger partial charge in [0, 0.05) is 19.6 Å². The molecule has 0 aliphatic heterocycles. The number of hydrogen-bond acceptors (Lipinski definition) is 4. The molecule has 0 fully saturated rings. The first-order valence-electron chi connectivity index (χ1n) is 6.47. The van der Waals surface area contributed by atoms with Gasteiger partial charge in [0.05, 0.1) is 0 Å². The molecular formula is C14H21N3O2. The second-order valence-electron chi connectivity index (χ2n) is 4.24. The molecule has 0 aliphatic rings. The minimum absolute atomic E-state index is 0.367. The number of carbonyl (C=O) groups is 1. The maximum absolute atomic E-state index is 11.0. The molecule has 0 saturated carbocycles. The van der Waals surface area contributed by atoms with Gasteiger partial charge in [-0.1, -0.05) is 42.4 Å². The van der Waals surface area contributed by atoms with Crippen LogP contribution in [-0.4, -0.2) is 41.9 Å². The van der Waals surface area contributed by atoms with Crippen LogP contribution < -0.4 is 5.32 Å². The van der Waals surface area contributed by atoms with Crippen molar-refractivity contribution in [3.63, 3.8) is 0 Å². The van der Waals surface area contributed by atoms with Crippen LogP contribution in [0.4, 0.5) is 0 Å². The highest BCUT2D eigenvalue weighted by Crippen LogP contribution is 2.04. The number of hydrogen-bond donors (Lipinski definition) is 2. The minimum Gasteiger partial charge on any atom is -0.411 e. The summed E-state index contributed by atoms with van der Waals surface area (Å²) in [6.45, 7) is 5.52. The Labute approximate surface area is 113 Å². The molecule has 0 aliphatic carbocycles. The van der Waals surface area contributed by atoms with E-state index in [2.05, 4.69) is 34.4 Å². The average molecular weight is 263 g/mol. The lowest BCUT2D eigenvalue weighted by molar-refractivity contribution is -0.114. The number of nitrogens with one attached hydrogen (secondary N) is 1. The molecule has 19 heavy (non-hydrogen) atoms. The minimum atomic E-state index is -0.367. The third-order valence-corrected chi connectivity index (χ3v) is 2.82. The molecule has 1 amide bonds. The Morgan fingerprint density at radius 3 is 2.79 bits per heavy atom. The van der Waals surface area contributed by atoms with Gasteiger partial charge in [-0.25, -0.2) is 0 Å². The molecule has 0 unspecified atom stereocenters. The molecular weight excluding hydrogens is 242 g/mol. The largest absolute Gasteiger partial charge is 0.411 e. The molecule has 1 aromatic carbocycles. The summed E-state index contributed by atoms with van der Waals surface area (Å²) in [6.07, 6.45) is 1.73. The number of rotatable bonds is 8. The summed E-state index contributed by atoms with van der Waals surface area (Å²) >= 11 is 0. The van der Waals surface area contributed by atoms with E-state index in [-0.39, 0.29) is 5.91 Å². The van der Waals surface area contributed by atoms with Crippen LogP contribution in [-0.2, 0) is 11.3 Å². The highest BCUT2D eigenvalue weighted by Gasteiger charge is 2.03. The van der Waals surface area contributed by atoms with Gasteiger partial charge >= 0.3 is 0 Å². The first kappa shape index (κ1) is 15.2. The first-order chi connectivity index (χ1) is 9.26. The zero-order chi connectivity index (χ0) is 13.9. The second-order valence-corrected chi connectivity index (χ2v) is 4.24. The molecule has 0 atom stereocenters. The molecule has 0 saturated heterocycles. The van der Waals surface area contributed by atoms with Gasteiger partial charge in [-0.3, -0.25) is 9.69 Å². The molecule has 2 N–H and O–H groups in total. The van der Waals surface area contributed by atoms with Gasteiger partial charge in [-0.05, 0) is 18.5 Å². The van der Waals surface area contributed by atoms with Crippen molar-refractivity contribution in [1.29, 1.82) is 0 Å². The fraction of sp³-hybridized carbons (Fsp3) is 0.429. The van der Waals surface area contributed by atoms with E-state index in [0.717, 1.165) is 32.3 Å². The van der Waals surface area contributed by atoms with E-state index in [1.54, 1.807) is 0 Å². The predicted octanol–water partition coefficient (Wildman–Crippen LogP) is 1.47. The lowest BCUT2D eigenvalue weighted by Gasteiger charge is -2.20. The summed E-state index contributed by atoms with van der Waals surface area (Å²) in [5.74, 6) is -0.367. The molecule has 104 valence electrons. The van der Waals surface area contributed by atoms with Gasteiger partial charge in [0.1, 0.15) is 6.21 Å². The molecule has 0 spiro atoms. The summed E-state index contributed by atoms with van der Waals surface area (Å²) in [6, 6.07) is 10.3. The van der Waals surface area contributed by atoms with Crippen molar-refractivity contribution >= 4 is 12.1 Å². The van der Waals surface area contributed by atoms with E-state index in [1.807, 2.05) is 18.2 Å². The Morgan fingerprint density at radius 2 is 2.16 bits per heavy atom. The summed E-state index contributed by atoms with van der Waals surface area (Å²) in [5, 5.41) is 13.5. The van der Waals surface area contributed by atoms with Gasteiger partial charge in [-0.2, -0.15) is 0 Å². The number of carbonyl (C=O) groups excluding carboxylic acids is 1. The lowest BCUT2D eigenvalue weighted by atomic mass is 10.2. The fourth-order valence-corrected chi connectivity index (χ4v) is 1.80. The third-order valence-electron chi connectivity index (χ3n) is 2.82. The van der Waals surface area contributed by atoms with Crippen LogP contribution in [0.1, 0.15) is 18.9 Å². The lowest BCUT2D eigenvalue weighted by Crippen LogP contribution is -2.30. The van der Waals surface area contributed by atoms with Crippen LogP contribution in [0.5, 0.6) is 0 Å². The maximum atomic E-state index is 11.0. The Morgan fingerprint density at radius 1 is 1.42 bits per heavy atom. The van der Waals surface area contributed by atoms with Gasteiger partial charge in [0.25, 0.3) is 5.91 Å². The average Bonchev–Trinajstić information content (AvgIpc) is 2.43. The molecule has 1 rings (SSSR count). The Hall–Kier alpha value is -1.88. The first-order valence-corrected chi connectivity index (χ1v) is 6.47. The molecule has 1 aromatic rings. The zero-order valence-corrected chi connectivity index (χ0v) is 11.2. The van der Waals surface area contributed by atoms with Gasteiger partial charge in [0.15, 0.2) is 0 Å². The van der Waals surface area contributed by atoms with Gasteiger partial charge in [-0.15, -0.1) is 0 Å². The predicted molar refractivity (Wildman–Crippen MR) is 75.3 cm³/mol. The standard InChI is InChI=1S/C14H21N3O2/c1-2-17(12-13-7-4-3-5-8-13)10-6-9-15-14(18)11-16-19/h3-5,7-8,11,19H,2,6,9-10,12H2,1H3,(H,15,18). The summed E-state index contributed by atoms with van der Waals surface area (Å²) in [4.78, 5) is 13.3. The van der Waals surface area contributed by atoms with Crippen molar-refractivity contribution in [2.24, 2.45) is 5.16 Å². The van der Waals surface area contributed by atoms with E-state index >= 15 is 0 Å². The third kappa shape index (κ3) is 6.57. The molecule has 5 nitrogen and oxygen atoms in total. The maximum Gasteiger partial charge on any atom is 0.265 e. The van der Waals surface area contributed by atoms with Crippen LogP contribution in [0.3, 0.4) is 0 Å². The van der Waals surface area contributed by atoms with Crippen molar-refractivity contribution in [1.82, 2.24) is 10.2 Å². The summed E-state index contributed by atoms with van der Waals surface area (Å²) in [7, 11) is 0. The Bertz CT molecular complexity index is 393. The van der Waals surface area contributed by atoms with Crippen LogP contribution >= 0.6 is 0 Å². The van der Waals surface area contributed by atoms with Crippen molar-refractivity contribution in [2.45, 2.75) is 19.9 Å². The molecule has 0 aromatic heterocycles. The number of benzene rings is 1. The molecule has 5 heteroatoms.